The number of carboxylic acids is 1. The van der Waals surface area contributed by atoms with Gasteiger partial charge in [-0.05, 0) is 39.6 Å². The van der Waals surface area contributed by atoms with Crippen molar-refractivity contribution in [3.05, 3.63) is 23.7 Å². The summed E-state index contributed by atoms with van der Waals surface area (Å²) in [5, 5.41) is 8.98. The van der Waals surface area contributed by atoms with Gasteiger partial charge in [0.05, 0.1) is 17.5 Å². The lowest BCUT2D eigenvalue weighted by molar-refractivity contribution is 0.0652. The summed E-state index contributed by atoms with van der Waals surface area (Å²) in [6.45, 7) is 3.40. The van der Waals surface area contributed by atoms with Crippen LogP contribution >= 0.6 is 0 Å². The highest BCUT2D eigenvalue weighted by atomic mass is 32.2. The van der Waals surface area contributed by atoms with E-state index in [1.807, 2.05) is 25.9 Å². The summed E-state index contributed by atoms with van der Waals surface area (Å²) in [5.74, 6) is -0.297. The molecule has 8 heteroatoms. The van der Waals surface area contributed by atoms with Gasteiger partial charge in [0.2, 0.25) is 5.76 Å². The van der Waals surface area contributed by atoms with Gasteiger partial charge in [0.25, 0.3) is 0 Å². The van der Waals surface area contributed by atoms with Crippen LogP contribution < -0.4 is 0 Å². The van der Waals surface area contributed by atoms with Crippen LogP contribution in [0.3, 0.4) is 0 Å². The number of nitrogens with zero attached hydrogens (tertiary/aromatic N) is 2. The lowest BCUT2D eigenvalue weighted by atomic mass is 10.1. The second kappa shape index (κ2) is 7.02. The number of carbonyl (C=O) groups is 1. The molecule has 1 N–H and O–H groups in total. The van der Waals surface area contributed by atoms with Crippen molar-refractivity contribution in [3.63, 3.8) is 0 Å². The lowest BCUT2D eigenvalue weighted by Crippen LogP contribution is -2.42. The van der Waals surface area contributed by atoms with E-state index in [4.69, 9.17) is 9.52 Å². The first-order chi connectivity index (χ1) is 10.7. The Morgan fingerprint density at radius 1 is 1.39 bits per heavy atom. The maximum atomic E-state index is 11.8. The van der Waals surface area contributed by atoms with Crippen molar-refractivity contribution in [2.45, 2.75) is 25.4 Å². The minimum absolute atomic E-state index is 0.0617. The Kier molecular flexibility index (Phi) is 5.49. The van der Waals surface area contributed by atoms with Crippen molar-refractivity contribution in [3.8, 4) is 0 Å². The van der Waals surface area contributed by atoms with Gasteiger partial charge in [-0.15, -0.1) is 0 Å². The number of sulfone groups is 1. The van der Waals surface area contributed by atoms with Crippen LogP contribution in [0.2, 0.25) is 0 Å². The molecule has 7 nitrogen and oxygen atoms in total. The maximum Gasteiger partial charge on any atom is 0.371 e. The number of furan rings is 1. The van der Waals surface area contributed by atoms with Gasteiger partial charge in [0.1, 0.15) is 5.76 Å². The fourth-order valence-corrected chi connectivity index (χ4v) is 4.64. The monoisotopic (exact) mass is 344 g/mol. The molecule has 1 saturated heterocycles. The molecular weight excluding hydrogens is 320 g/mol. The van der Waals surface area contributed by atoms with E-state index in [-0.39, 0.29) is 29.3 Å². The zero-order valence-corrected chi connectivity index (χ0v) is 14.5. The summed E-state index contributed by atoms with van der Waals surface area (Å²) in [6.07, 6.45) is 0.604. The summed E-state index contributed by atoms with van der Waals surface area (Å²) in [7, 11) is 0.941. The van der Waals surface area contributed by atoms with E-state index in [1.165, 1.54) is 6.07 Å². The van der Waals surface area contributed by atoms with E-state index < -0.39 is 15.8 Å². The quantitative estimate of drug-likeness (QED) is 0.791. The lowest BCUT2D eigenvalue weighted by Gasteiger charge is -2.33. The van der Waals surface area contributed by atoms with Gasteiger partial charge in [-0.25, -0.2) is 13.2 Å². The predicted octanol–water partition coefficient (Wildman–Crippen LogP) is 1.09. The molecule has 0 amide bonds. The van der Waals surface area contributed by atoms with E-state index in [2.05, 4.69) is 4.90 Å². The first-order valence-electron chi connectivity index (χ1n) is 7.63. The van der Waals surface area contributed by atoms with E-state index >= 15 is 0 Å². The molecule has 1 aliphatic heterocycles. The zero-order chi connectivity index (χ0) is 17.2. The second-order valence-electron chi connectivity index (χ2n) is 6.28. The highest BCUT2D eigenvalue weighted by Crippen LogP contribution is 2.28. The van der Waals surface area contributed by atoms with Gasteiger partial charge < -0.3 is 14.4 Å². The average Bonchev–Trinajstić information content (AvgIpc) is 3.05. The molecule has 0 bridgehead atoms. The fourth-order valence-electron chi connectivity index (χ4n) is 2.90. The predicted molar refractivity (Wildman–Crippen MR) is 86.4 cm³/mol. The van der Waals surface area contributed by atoms with Crippen molar-refractivity contribution < 1.29 is 22.7 Å². The number of carboxylic acid groups (broad SMARTS) is 1. The minimum Gasteiger partial charge on any atom is -0.475 e. The molecular formula is C15H24N2O5S. The Morgan fingerprint density at radius 3 is 2.57 bits per heavy atom. The molecule has 1 aromatic heterocycles. The van der Waals surface area contributed by atoms with Crippen LogP contribution in [-0.4, -0.2) is 74.0 Å². The molecule has 2 atom stereocenters. The first-order valence-corrected chi connectivity index (χ1v) is 9.45. The molecule has 0 aliphatic carbocycles. The molecule has 1 fully saturated rings. The van der Waals surface area contributed by atoms with Gasteiger partial charge in [-0.3, -0.25) is 4.90 Å². The number of aromatic carboxylic acids is 1. The van der Waals surface area contributed by atoms with Crippen LogP contribution in [0.15, 0.2) is 16.5 Å². The third-order valence-electron chi connectivity index (χ3n) is 4.23. The minimum atomic E-state index is -2.98. The first kappa shape index (κ1) is 18.0. The second-order valence-corrected chi connectivity index (χ2v) is 8.51. The summed E-state index contributed by atoms with van der Waals surface area (Å²) < 4.78 is 29.0. The average molecular weight is 344 g/mol. The van der Waals surface area contributed by atoms with Crippen LogP contribution in [0.4, 0.5) is 0 Å². The van der Waals surface area contributed by atoms with Gasteiger partial charge in [0.15, 0.2) is 9.84 Å². The Labute approximate surface area is 136 Å². The van der Waals surface area contributed by atoms with Crippen molar-refractivity contribution in [2.24, 2.45) is 0 Å². The van der Waals surface area contributed by atoms with Crippen LogP contribution in [0.1, 0.15) is 35.7 Å². The van der Waals surface area contributed by atoms with Gasteiger partial charge in [-0.2, -0.15) is 0 Å². The smallest absolute Gasteiger partial charge is 0.371 e. The Hall–Kier alpha value is -1.38. The van der Waals surface area contributed by atoms with Crippen molar-refractivity contribution in [1.82, 2.24) is 9.80 Å². The molecule has 0 spiro atoms. The third-order valence-corrected chi connectivity index (χ3v) is 5.98. The fraction of sp³-hybridized carbons (Fsp3) is 0.667. The summed E-state index contributed by atoms with van der Waals surface area (Å²) in [6, 6.07) is 2.85. The van der Waals surface area contributed by atoms with Crippen LogP contribution in [-0.2, 0) is 9.84 Å². The van der Waals surface area contributed by atoms with Gasteiger partial charge in [0, 0.05) is 19.1 Å². The summed E-state index contributed by atoms with van der Waals surface area (Å²) >= 11 is 0. The van der Waals surface area contributed by atoms with Crippen LogP contribution in [0, 0.1) is 0 Å². The Balaban J connectivity index is 2.19. The largest absolute Gasteiger partial charge is 0.475 e. The van der Waals surface area contributed by atoms with Crippen molar-refractivity contribution in [2.75, 3.05) is 38.7 Å². The molecule has 23 heavy (non-hydrogen) atoms. The Bertz CT molecular complexity index is 653. The topological polar surface area (TPSA) is 91.1 Å². The van der Waals surface area contributed by atoms with Crippen molar-refractivity contribution >= 4 is 15.8 Å². The number of likely N-dealkylation sites (N-methyl/N-ethyl adjacent to an activating group) is 1. The zero-order valence-electron chi connectivity index (χ0n) is 13.7. The molecule has 0 saturated carbocycles. The van der Waals surface area contributed by atoms with E-state index in [0.29, 0.717) is 18.7 Å². The van der Waals surface area contributed by atoms with E-state index in [9.17, 15) is 13.2 Å². The van der Waals surface area contributed by atoms with E-state index in [1.54, 1.807) is 6.07 Å². The summed E-state index contributed by atoms with van der Waals surface area (Å²) in [4.78, 5) is 15.1. The van der Waals surface area contributed by atoms with Gasteiger partial charge >= 0.3 is 5.97 Å². The third kappa shape index (κ3) is 4.55. The highest BCUT2D eigenvalue weighted by molar-refractivity contribution is 7.91. The number of hydrogen-bond donors (Lipinski definition) is 1. The molecule has 0 radical (unpaired) electrons. The number of rotatable bonds is 7. The molecule has 130 valence electrons. The highest BCUT2D eigenvalue weighted by Gasteiger charge is 2.35. The normalized spacial score (nSPS) is 21.9. The number of hydrogen-bond acceptors (Lipinski definition) is 6. The van der Waals surface area contributed by atoms with Crippen LogP contribution in [0.5, 0.6) is 0 Å². The van der Waals surface area contributed by atoms with Crippen molar-refractivity contribution in [1.29, 1.82) is 0 Å². The standard InChI is InChI=1S/C15H24N2O5S/c1-11(13-4-5-14(22-13)15(18)19)17(8-7-16(2)3)12-6-9-23(20,21)10-12/h4-5,11-12H,6-10H2,1-3H3,(H,18,19). The molecule has 1 aromatic rings. The molecule has 1 aliphatic rings. The molecule has 0 aromatic carbocycles. The van der Waals surface area contributed by atoms with E-state index in [0.717, 1.165) is 6.54 Å². The molecule has 2 heterocycles. The maximum absolute atomic E-state index is 11.8. The van der Waals surface area contributed by atoms with Crippen LogP contribution in [0.25, 0.3) is 0 Å². The Morgan fingerprint density at radius 2 is 2.09 bits per heavy atom. The SMILES string of the molecule is CC(c1ccc(C(=O)O)o1)N(CCN(C)C)C1CCS(=O)(=O)C1. The molecule has 2 unspecified atom stereocenters. The van der Waals surface area contributed by atoms with Gasteiger partial charge in [-0.1, -0.05) is 0 Å². The summed E-state index contributed by atoms with van der Waals surface area (Å²) in [5.41, 5.74) is 0. The molecule has 2 rings (SSSR count).